The number of aliphatic hydroxyl groups excluding tert-OH is 1. The molecule has 0 aliphatic heterocycles. The second kappa shape index (κ2) is 4.32. The van der Waals surface area contributed by atoms with Crippen molar-refractivity contribution in [3.05, 3.63) is 34.9 Å². The molecule has 0 amide bonds. The highest BCUT2D eigenvalue weighted by atomic mass is 19.3. The zero-order chi connectivity index (χ0) is 12.5. The summed E-state index contributed by atoms with van der Waals surface area (Å²) in [6.07, 6.45) is -1.21. The van der Waals surface area contributed by atoms with Gasteiger partial charge in [-0.15, -0.1) is 0 Å². The fourth-order valence-electron chi connectivity index (χ4n) is 1.11. The summed E-state index contributed by atoms with van der Waals surface area (Å²) in [7, 11) is 0. The molecule has 7 heteroatoms. The maximum Gasteiger partial charge on any atom is 0.278 e. The van der Waals surface area contributed by atoms with Crippen LogP contribution in [0.25, 0.3) is 0 Å². The zero-order valence-corrected chi connectivity index (χ0v) is 7.71. The smallest absolute Gasteiger partial charge is 0.278 e. The largest absolute Gasteiger partial charge is 0.396 e. The average molecular weight is 244 g/mol. The Morgan fingerprint density at radius 2 is 1.56 bits per heavy atom. The van der Waals surface area contributed by atoms with Crippen LogP contribution in [0.5, 0.6) is 0 Å². The normalized spacial score (nSPS) is 11.9. The lowest BCUT2D eigenvalue weighted by Gasteiger charge is -2.16. The van der Waals surface area contributed by atoms with Gasteiger partial charge in [0.1, 0.15) is 0 Å². The highest BCUT2D eigenvalue weighted by Crippen LogP contribution is 2.35. The highest BCUT2D eigenvalue weighted by molar-refractivity contribution is 5.25. The molecule has 0 unspecified atom stereocenters. The van der Waals surface area contributed by atoms with Crippen LogP contribution in [0, 0.1) is 23.3 Å². The molecule has 1 N–H and O–H groups in total. The lowest BCUT2D eigenvalue weighted by atomic mass is 10.0. The molecule has 1 aromatic carbocycles. The van der Waals surface area contributed by atoms with Crippen molar-refractivity contribution in [1.82, 2.24) is 0 Å². The minimum absolute atomic E-state index is 0.122. The van der Waals surface area contributed by atoms with E-state index in [9.17, 15) is 26.3 Å². The molecular formula is C9H6F6O. The van der Waals surface area contributed by atoms with Crippen molar-refractivity contribution in [2.24, 2.45) is 0 Å². The first-order chi connectivity index (χ1) is 7.31. The van der Waals surface area contributed by atoms with E-state index in [2.05, 4.69) is 0 Å². The second-order valence-corrected chi connectivity index (χ2v) is 3.03. The molecule has 0 saturated heterocycles. The minimum atomic E-state index is -3.96. The molecule has 0 heterocycles. The van der Waals surface area contributed by atoms with Crippen molar-refractivity contribution >= 4 is 0 Å². The van der Waals surface area contributed by atoms with Crippen molar-refractivity contribution < 1.29 is 31.4 Å². The molecule has 90 valence electrons. The van der Waals surface area contributed by atoms with Crippen LogP contribution in [0.1, 0.15) is 12.0 Å². The van der Waals surface area contributed by atoms with Gasteiger partial charge in [-0.3, -0.25) is 0 Å². The number of rotatable bonds is 3. The van der Waals surface area contributed by atoms with Crippen molar-refractivity contribution in [1.29, 1.82) is 0 Å². The van der Waals surface area contributed by atoms with Crippen LogP contribution in [0.15, 0.2) is 6.07 Å². The van der Waals surface area contributed by atoms with Crippen LogP contribution in [-0.4, -0.2) is 11.7 Å². The molecule has 0 spiro atoms. The van der Waals surface area contributed by atoms with Gasteiger partial charge in [0.15, 0.2) is 23.3 Å². The Morgan fingerprint density at radius 3 is 2.06 bits per heavy atom. The second-order valence-electron chi connectivity index (χ2n) is 3.03. The Kier molecular flexibility index (Phi) is 3.47. The summed E-state index contributed by atoms with van der Waals surface area (Å²) in [6, 6.07) is -0.122. The fourth-order valence-corrected chi connectivity index (χ4v) is 1.11. The van der Waals surface area contributed by atoms with Gasteiger partial charge in [0.05, 0.1) is 5.56 Å². The van der Waals surface area contributed by atoms with Gasteiger partial charge >= 0.3 is 0 Å². The van der Waals surface area contributed by atoms with Gasteiger partial charge in [-0.1, -0.05) is 0 Å². The summed E-state index contributed by atoms with van der Waals surface area (Å²) in [5, 5.41) is 8.28. The van der Waals surface area contributed by atoms with E-state index in [1.807, 2.05) is 0 Å². The van der Waals surface area contributed by atoms with Gasteiger partial charge in [-0.05, 0) is 6.07 Å². The Balaban J connectivity index is 3.35. The number of aliphatic hydroxyl groups is 1. The predicted molar refractivity (Wildman–Crippen MR) is 41.9 cm³/mol. The van der Waals surface area contributed by atoms with Crippen molar-refractivity contribution in [3.8, 4) is 0 Å². The summed E-state index contributed by atoms with van der Waals surface area (Å²) < 4.78 is 76.7. The van der Waals surface area contributed by atoms with Gasteiger partial charge in [-0.25, -0.2) is 26.3 Å². The molecule has 0 fully saturated rings. The van der Waals surface area contributed by atoms with E-state index in [-0.39, 0.29) is 6.07 Å². The molecule has 0 aliphatic carbocycles. The maximum atomic E-state index is 13.1. The Hall–Kier alpha value is -1.24. The molecule has 0 bridgehead atoms. The Bertz CT molecular complexity index is 403. The summed E-state index contributed by atoms with van der Waals surface area (Å²) in [5.41, 5.74) is -1.61. The first kappa shape index (κ1) is 12.8. The number of hydrogen-bond acceptors (Lipinski definition) is 1. The predicted octanol–water partition coefficient (Wildman–Crippen LogP) is 2.72. The van der Waals surface area contributed by atoms with Gasteiger partial charge < -0.3 is 5.11 Å². The summed E-state index contributed by atoms with van der Waals surface area (Å²) >= 11 is 0. The molecule has 1 rings (SSSR count). The maximum absolute atomic E-state index is 13.1. The lowest BCUT2D eigenvalue weighted by molar-refractivity contribution is -0.0310. The number of alkyl halides is 2. The minimum Gasteiger partial charge on any atom is -0.396 e. The van der Waals surface area contributed by atoms with Crippen LogP contribution < -0.4 is 0 Å². The molecule has 0 atom stereocenters. The summed E-state index contributed by atoms with van der Waals surface area (Å²) in [6.45, 7) is -1.01. The van der Waals surface area contributed by atoms with Crippen molar-refractivity contribution in [3.63, 3.8) is 0 Å². The van der Waals surface area contributed by atoms with Crippen molar-refractivity contribution in [2.45, 2.75) is 12.3 Å². The molecule has 0 aromatic heterocycles. The number of hydrogen-bond donors (Lipinski definition) is 1. The van der Waals surface area contributed by atoms with Crippen LogP contribution in [0.4, 0.5) is 26.3 Å². The van der Waals surface area contributed by atoms with E-state index in [1.54, 1.807) is 0 Å². The molecule has 0 aliphatic rings. The van der Waals surface area contributed by atoms with E-state index in [1.165, 1.54) is 0 Å². The van der Waals surface area contributed by atoms with E-state index in [4.69, 9.17) is 5.11 Å². The van der Waals surface area contributed by atoms with Crippen LogP contribution in [-0.2, 0) is 5.92 Å². The van der Waals surface area contributed by atoms with Crippen molar-refractivity contribution in [2.75, 3.05) is 6.61 Å². The van der Waals surface area contributed by atoms with E-state index < -0.39 is 47.8 Å². The quantitative estimate of drug-likeness (QED) is 0.492. The molecule has 0 saturated carbocycles. The SMILES string of the molecule is OCCC(F)(F)c1cc(F)c(F)c(F)c1F. The van der Waals surface area contributed by atoms with Gasteiger partial charge in [0.25, 0.3) is 5.92 Å². The monoisotopic (exact) mass is 244 g/mol. The molecule has 0 radical (unpaired) electrons. The third kappa shape index (κ3) is 2.13. The van der Waals surface area contributed by atoms with E-state index in [0.29, 0.717) is 0 Å². The molecule has 16 heavy (non-hydrogen) atoms. The van der Waals surface area contributed by atoms with E-state index >= 15 is 0 Å². The first-order valence-corrected chi connectivity index (χ1v) is 4.13. The third-order valence-electron chi connectivity index (χ3n) is 1.92. The molecule has 1 aromatic rings. The third-order valence-corrected chi connectivity index (χ3v) is 1.92. The standard InChI is InChI=1S/C9H6F6O/c10-5-3-4(9(14,15)1-2-16)6(11)8(13)7(5)12/h3,16H,1-2H2. The summed E-state index contributed by atoms with van der Waals surface area (Å²) in [5.74, 6) is -12.5. The van der Waals surface area contributed by atoms with E-state index in [0.717, 1.165) is 0 Å². The van der Waals surface area contributed by atoms with Gasteiger partial charge in [0.2, 0.25) is 0 Å². The zero-order valence-electron chi connectivity index (χ0n) is 7.71. The van der Waals surface area contributed by atoms with Crippen LogP contribution in [0.3, 0.4) is 0 Å². The number of halogens is 6. The Labute approximate surface area is 86.3 Å². The average Bonchev–Trinajstić information content (AvgIpc) is 2.20. The Morgan fingerprint density at radius 1 is 1.00 bits per heavy atom. The molecular weight excluding hydrogens is 238 g/mol. The van der Waals surface area contributed by atoms with Crippen LogP contribution in [0.2, 0.25) is 0 Å². The first-order valence-electron chi connectivity index (χ1n) is 4.13. The number of benzene rings is 1. The van der Waals surface area contributed by atoms with Crippen LogP contribution >= 0.6 is 0 Å². The highest BCUT2D eigenvalue weighted by Gasteiger charge is 2.37. The fraction of sp³-hybridized carbons (Fsp3) is 0.333. The lowest BCUT2D eigenvalue weighted by Crippen LogP contribution is -2.19. The summed E-state index contributed by atoms with van der Waals surface area (Å²) in [4.78, 5) is 0. The van der Waals surface area contributed by atoms with Gasteiger partial charge in [0, 0.05) is 13.0 Å². The molecule has 1 nitrogen and oxygen atoms in total. The topological polar surface area (TPSA) is 20.2 Å². The van der Waals surface area contributed by atoms with Gasteiger partial charge in [-0.2, -0.15) is 0 Å².